The Balaban J connectivity index is 1.78. The van der Waals surface area contributed by atoms with Crippen molar-refractivity contribution in [3.05, 3.63) is 70.8 Å². The van der Waals surface area contributed by atoms with Gasteiger partial charge in [0.05, 0.1) is 6.10 Å². The van der Waals surface area contributed by atoms with Crippen LogP contribution in [0.2, 0.25) is 0 Å². The number of aliphatic hydroxyl groups excluding tert-OH is 1. The average Bonchev–Trinajstić information content (AvgIpc) is 2.82. The van der Waals surface area contributed by atoms with Gasteiger partial charge >= 0.3 is 0 Å². The van der Waals surface area contributed by atoms with Crippen molar-refractivity contribution in [3.63, 3.8) is 0 Å². The first-order chi connectivity index (χ1) is 11.4. The van der Waals surface area contributed by atoms with Crippen LogP contribution >= 0.6 is 0 Å². The monoisotopic (exact) mass is 322 g/mol. The Morgan fingerprint density at radius 1 is 1.33 bits per heavy atom. The summed E-state index contributed by atoms with van der Waals surface area (Å²) in [5, 5.41) is 9.75. The molecule has 0 fully saturated rings. The quantitative estimate of drug-likeness (QED) is 0.787. The summed E-state index contributed by atoms with van der Waals surface area (Å²) in [7, 11) is 0. The van der Waals surface area contributed by atoms with Crippen LogP contribution < -0.4 is 0 Å². The van der Waals surface area contributed by atoms with E-state index in [1.165, 1.54) is 22.3 Å². The molecule has 0 spiro atoms. The van der Waals surface area contributed by atoms with Gasteiger partial charge in [-0.2, -0.15) is 0 Å². The zero-order valence-electron chi connectivity index (χ0n) is 15.4. The molecule has 0 radical (unpaired) electrons. The molecule has 0 heterocycles. The summed E-state index contributed by atoms with van der Waals surface area (Å²) in [6, 6.07) is 8.91. The molecule has 3 unspecified atom stereocenters. The second-order valence-corrected chi connectivity index (χ2v) is 8.11. The highest BCUT2D eigenvalue weighted by molar-refractivity contribution is 5.46. The van der Waals surface area contributed by atoms with Crippen LogP contribution in [0.1, 0.15) is 44.7 Å². The van der Waals surface area contributed by atoms with Crippen LogP contribution in [0.5, 0.6) is 0 Å². The highest BCUT2D eigenvalue weighted by Gasteiger charge is 2.36. The Hall–Kier alpha value is -1.60. The van der Waals surface area contributed by atoms with Crippen LogP contribution in [0.25, 0.3) is 0 Å². The van der Waals surface area contributed by atoms with Crippen molar-refractivity contribution in [2.75, 3.05) is 0 Å². The molecule has 24 heavy (non-hydrogen) atoms. The Morgan fingerprint density at radius 3 is 2.75 bits per heavy atom. The van der Waals surface area contributed by atoms with Gasteiger partial charge in [-0.1, -0.05) is 68.0 Å². The van der Waals surface area contributed by atoms with Crippen LogP contribution in [0.15, 0.2) is 59.7 Å². The molecule has 0 saturated carbocycles. The van der Waals surface area contributed by atoms with Crippen LogP contribution in [0.3, 0.4) is 0 Å². The normalized spacial score (nSPS) is 30.9. The summed E-state index contributed by atoms with van der Waals surface area (Å²) in [6.07, 6.45) is 12.2. The summed E-state index contributed by atoms with van der Waals surface area (Å²) in [6.45, 7) is 8.83. The Kier molecular flexibility index (Phi) is 4.83. The SMILES string of the molecule is Cc1cccc(CC2(C)C=C(C3=CC[C@H](C(C)O)C=C3)CC2C)c1. The van der Waals surface area contributed by atoms with Gasteiger partial charge < -0.3 is 5.11 Å². The predicted octanol–water partition coefficient (Wildman–Crippen LogP) is 5.39. The molecule has 1 aromatic rings. The van der Waals surface area contributed by atoms with E-state index in [-0.39, 0.29) is 17.4 Å². The van der Waals surface area contributed by atoms with Gasteiger partial charge in [0, 0.05) is 5.92 Å². The lowest BCUT2D eigenvalue weighted by atomic mass is 9.76. The molecule has 0 aliphatic heterocycles. The first-order valence-corrected chi connectivity index (χ1v) is 9.21. The number of aliphatic hydroxyl groups is 1. The first kappa shape index (κ1) is 17.2. The summed E-state index contributed by atoms with van der Waals surface area (Å²) in [4.78, 5) is 0. The van der Waals surface area contributed by atoms with E-state index in [1.54, 1.807) is 0 Å². The van der Waals surface area contributed by atoms with E-state index in [1.807, 2.05) is 6.92 Å². The van der Waals surface area contributed by atoms with Crippen molar-refractivity contribution in [3.8, 4) is 0 Å². The molecule has 128 valence electrons. The molecule has 1 aromatic carbocycles. The third-order valence-corrected chi connectivity index (χ3v) is 5.95. The Bertz CT molecular complexity index is 692. The predicted molar refractivity (Wildman–Crippen MR) is 102 cm³/mol. The molecule has 3 rings (SSSR count). The van der Waals surface area contributed by atoms with Crippen molar-refractivity contribution >= 4 is 0 Å². The second-order valence-electron chi connectivity index (χ2n) is 8.11. The van der Waals surface area contributed by atoms with Crippen molar-refractivity contribution in [1.29, 1.82) is 0 Å². The van der Waals surface area contributed by atoms with Crippen LogP contribution in [-0.2, 0) is 6.42 Å². The third kappa shape index (κ3) is 3.57. The molecule has 2 aliphatic carbocycles. The van der Waals surface area contributed by atoms with E-state index in [9.17, 15) is 5.11 Å². The van der Waals surface area contributed by atoms with Crippen molar-refractivity contribution < 1.29 is 5.11 Å². The third-order valence-electron chi connectivity index (χ3n) is 5.95. The van der Waals surface area contributed by atoms with E-state index in [2.05, 4.69) is 69.3 Å². The fraction of sp³-hybridized carbons (Fsp3) is 0.478. The van der Waals surface area contributed by atoms with Crippen molar-refractivity contribution in [2.45, 2.75) is 53.1 Å². The number of hydrogen-bond acceptors (Lipinski definition) is 1. The lowest BCUT2D eigenvalue weighted by Crippen LogP contribution is -2.21. The van der Waals surface area contributed by atoms with E-state index < -0.39 is 0 Å². The minimum absolute atomic E-state index is 0.221. The smallest absolute Gasteiger partial charge is 0.0577 e. The maximum absolute atomic E-state index is 9.75. The average molecular weight is 322 g/mol. The highest BCUT2D eigenvalue weighted by atomic mass is 16.3. The highest BCUT2D eigenvalue weighted by Crippen LogP contribution is 2.46. The minimum Gasteiger partial charge on any atom is -0.393 e. The molecule has 4 atom stereocenters. The molecule has 2 aliphatic rings. The van der Waals surface area contributed by atoms with Gasteiger partial charge in [-0.3, -0.25) is 0 Å². The van der Waals surface area contributed by atoms with Gasteiger partial charge in [0.2, 0.25) is 0 Å². The largest absolute Gasteiger partial charge is 0.393 e. The lowest BCUT2D eigenvalue weighted by molar-refractivity contribution is 0.149. The molecular formula is C23H30O. The summed E-state index contributed by atoms with van der Waals surface area (Å²) in [5.74, 6) is 0.920. The molecule has 1 heteroatoms. The Morgan fingerprint density at radius 2 is 2.12 bits per heavy atom. The lowest BCUT2D eigenvalue weighted by Gasteiger charge is -2.28. The summed E-state index contributed by atoms with van der Waals surface area (Å²) in [5.41, 5.74) is 5.85. The van der Waals surface area contributed by atoms with Crippen molar-refractivity contribution in [1.82, 2.24) is 0 Å². The zero-order valence-corrected chi connectivity index (χ0v) is 15.4. The van der Waals surface area contributed by atoms with E-state index in [0.717, 1.165) is 19.3 Å². The number of allylic oxidation sites excluding steroid dienone is 5. The molecule has 0 bridgehead atoms. The fourth-order valence-electron chi connectivity index (χ4n) is 4.08. The summed E-state index contributed by atoms with van der Waals surface area (Å²) >= 11 is 0. The first-order valence-electron chi connectivity index (χ1n) is 9.21. The van der Waals surface area contributed by atoms with Gasteiger partial charge in [0.25, 0.3) is 0 Å². The van der Waals surface area contributed by atoms with Gasteiger partial charge in [-0.05, 0) is 61.2 Å². The topological polar surface area (TPSA) is 20.2 Å². The number of benzene rings is 1. The summed E-state index contributed by atoms with van der Waals surface area (Å²) < 4.78 is 0. The minimum atomic E-state index is -0.262. The van der Waals surface area contributed by atoms with Crippen LogP contribution in [0.4, 0.5) is 0 Å². The van der Waals surface area contributed by atoms with Crippen LogP contribution in [-0.4, -0.2) is 11.2 Å². The fourth-order valence-corrected chi connectivity index (χ4v) is 4.08. The standard InChI is InChI=1S/C23H30O/c1-16-6-5-7-19(12-16)14-23(4)15-22(13-17(23)2)21-10-8-20(9-11-21)18(3)24/h5-8,10-12,15,17-18,20,24H,9,13-14H2,1-4H3/t17?,18?,20-,23?/m1/s1. The molecular weight excluding hydrogens is 292 g/mol. The Labute approximate surface area is 146 Å². The van der Waals surface area contributed by atoms with Gasteiger partial charge in [-0.15, -0.1) is 0 Å². The maximum Gasteiger partial charge on any atom is 0.0577 e. The van der Waals surface area contributed by atoms with Crippen LogP contribution in [0, 0.1) is 24.2 Å². The molecule has 0 amide bonds. The van der Waals surface area contributed by atoms with E-state index >= 15 is 0 Å². The van der Waals surface area contributed by atoms with Gasteiger partial charge in [0.1, 0.15) is 0 Å². The number of rotatable bonds is 4. The molecule has 1 N–H and O–H groups in total. The molecule has 0 saturated heterocycles. The van der Waals surface area contributed by atoms with Crippen molar-refractivity contribution in [2.24, 2.45) is 17.3 Å². The van der Waals surface area contributed by atoms with Gasteiger partial charge in [0.15, 0.2) is 0 Å². The number of aryl methyl sites for hydroxylation is 1. The van der Waals surface area contributed by atoms with E-state index in [0.29, 0.717) is 5.92 Å². The molecule has 0 aromatic heterocycles. The van der Waals surface area contributed by atoms with Gasteiger partial charge in [-0.25, -0.2) is 0 Å². The maximum atomic E-state index is 9.75. The number of hydrogen-bond donors (Lipinski definition) is 1. The zero-order chi connectivity index (χ0) is 17.3. The molecule has 1 nitrogen and oxygen atoms in total. The van der Waals surface area contributed by atoms with E-state index in [4.69, 9.17) is 0 Å². The second kappa shape index (κ2) is 6.72.